The topological polar surface area (TPSA) is 40.5 Å². The molecule has 1 aliphatic rings. The third-order valence-corrected chi connectivity index (χ3v) is 3.40. The lowest BCUT2D eigenvalue weighted by Gasteiger charge is -2.41. The third-order valence-electron chi connectivity index (χ3n) is 3.40. The van der Waals surface area contributed by atoms with Crippen LogP contribution in [-0.4, -0.2) is 35.1 Å². The fraction of sp³-hybridized carbons (Fsp3) is 0.917. The van der Waals surface area contributed by atoms with Gasteiger partial charge in [0, 0.05) is 19.1 Å². The Bertz CT molecular complexity index is 212. The molecule has 2 unspecified atom stereocenters. The Hall–Kier alpha value is -0.570. The van der Waals surface area contributed by atoms with Crippen molar-refractivity contribution in [3.05, 3.63) is 0 Å². The molecule has 2 atom stereocenters. The van der Waals surface area contributed by atoms with E-state index in [9.17, 15) is 4.79 Å². The van der Waals surface area contributed by atoms with Gasteiger partial charge in [-0.05, 0) is 25.7 Å². The summed E-state index contributed by atoms with van der Waals surface area (Å²) < 4.78 is 0. The largest absolute Gasteiger partial charge is 0.481 e. The Labute approximate surface area is 92.5 Å². The van der Waals surface area contributed by atoms with E-state index in [0.717, 1.165) is 25.2 Å². The first-order chi connectivity index (χ1) is 7.00. The molecule has 1 fully saturated rings. The van der Waals surface area contributed by atoms with E-state index >= 15 is 0 Å². The number of hydrogen-bond donors (Lipinski definition) is 1. The van der Waals surface area contributed by atoms with Gasteiger partial charge in [0.15, 0.2) is 0 Å². The van der Waals surface area contributed by atoms with Crippen molar-refractivity contribution in [3.63, 3.8) is 0 Å². The zero-order valence-corrected chi connectivity index (χ0v) is 10.1. The minimum Gasteiger partial charge on any atom is -0.481 e. The summed E-state index contributed by atoms with van der Waals surface area (Å²) >= 11 is 0. The van der Waals surface area contributed by atoms with E-state index in [-0.39, 0.29) is 5.92 Å². The van der Waals surface area contributed by atoms with E-state index in [1.807, 2.05) is 0 Å². The van der Waals surface area contributed by atoms with Crippen molar-refractivity contribution >= 4 is 5.97 Å². The zero-order chi connectivity index (χ0) is 11.4. The van der Waals surface area contributed by atoms with Gasteiger partial charge in [-0.15, -0.1) is 0 Å². The van der Waals surface area contributed by atoms with Crippen LogP contribution in [0.1, 0.15) is 40.0 Å². The minimum absolute atomic E-state index is 0.187. The highest BCUT2D eigenvalue weighted by Gasteiger charge is 2.26. The number of carboxylic acid groups (broad SMARTS) is 1. The number of hydrogen-bond acceptors (Lipinski definition) is 2. The predicted molar refractivity (Wildman–Crippen MR) is 60.8 cm³/mol. The monoisotopic (exact) mass is 213 g/mol. The van der Waals surface area contributed by atoms with Crippen molar-refractivity contribution in [3.8, 4) is 0 Å². The van der Waals surface area contributed by atoms with Crippen molar-refractivity contribution in [2.24, 2.45) is 11.8 Å². The quantitative estimate of drug-likeness (QED) is 0.735. The first-order valence-electron chi connectivity index (χ1n) is 5.97. The molecule has 88 valence electrons. The van der Waals surface area contributed by atoms with E-state index in [1.165, 1.54) is 13.1 Å². The SMILES string of the molecule is CC1CN(C(C)CCCC(C)C(=O)O)C1. The van der Waals surface area contributed by atoms with Gasteiger partial charge in [0.1, 0.15) is 0 Å². The van der Waals surface area contributed by atoms with Crippen LogP contribution in [-0.2, 0) is 4.79 Å². The zero-order valence-electron chi connectivity index (χ0n) is 10.1. The normalized spacial score (nSPS) is 22.1. The molecule has 1 aliphatic heterocycles. The summed E-state index contributed by atoms with van der Waals surface area (Å²) in [5.74, 6) is -0.00173. The van der Waals surface area contributed by atoms with Crippen LogP contribution in [0.5, 0.6) is 0 Å². The van der Waals surface area contributed by atoms with Gasteiger partial charge >= 0.3 is 5.97 Å². The van der Waals surface area contributed by atoms with Gasteiger partial charge in [0.2, 0.25) is 0 Å². The molecule has 0 saturated carbocycles. The maximum absolute atomic E-state index is 10.6. The second-order valence-electron chi connectivity index (χ2n) is 5.08. The molecular weight excluding hydrogens is 190 g/mol. The van der Waals surface area contributed by atoms with Crippen molar-refractivity contribution in [1.29, 1.82) is 0 Å². The molecule has 0 amide bonds. The van der Waals surface area contributed by atoms with Crippen LogP contribution in [0.15, 0.2) is 0 Å². The minimum atomic E-state index is -0.666. The van der Waals surface area contributed by atoms with Crippen LogP contribution in [0, 0.1) is 11.8 Å². The van der Waals surface area contributed by atoms with Crippen molar-refractivity contribution < 1.29 is 9.90 Å². The highest BCUT2D eigenvalue weighted by Crippen LogP contribution is 2.21. The Kier molecular flexibility index (Phi) is 4.58. The molecule has 1 heterocycles. The Morgan fingerprint density at radius 2 is 2.00 bits per heavy atom. The maximum Gasteiger partial charge on any atom is 0.306 e. The lowest BCUT2D eigenvalue weighted by atomic mass is 9.96. The average Bonchev–Trinajstić information content (AvgIpc) is 2.12. The number of aliphatic carboxylic acids is 1. The van der Waals surface area contributed by atoms with E-state index in [0.29, 0.717) is 6.04 Å². The predicted octanol–water partition coefficient (Wildman–Crippen LogP) is 2.22. The molecule has 3 heteroatoms. The van der Waals surface area contributed by atoms with E-state index in [2.05, 4.69) is 18.7 Å². The summed E-state index contributed by atoms with van der Waals surface area (Å²) in [6, 6.07) is 0.627. The summed E-state index contributed by atoms with van der Waals surface area (Å²) in [5.41, 5.74) is 0. The number of likely N-dealkylation sites (tertiary alicyclic amines) is 1. The Morgan fingerprint density at radius 1 is 1.40 bits per heavy atom. The molecule has 1 N–H and O–H groups in total. The molecule has 0 radical (unpaired) electrons. The Morgan fingerprint density at radius 3 is 2.47 bits per heavy atom. The van der Waals surface area contributed by atoms with Crippen LogP contribution in [0.4, 0.5) is 0 Å². The smallest absolute Gasteiger partial charge is 0.306 e. The van der Waals surface area contributed by atoms with Gasteiger partial charge in [0.25, 0.3) is 0 Å². The molecule has 0 aromatic rings. The lowest BCUT2D eigenvalue weighted by molar-refractivity contribution is -0.141. The first kappa shape index (κ1) is 12.5. The number of nitrogens with zero attached hydrogens (tertiary/aromatic N) is 1. The molecule has 15 heavy (non-hydrogen) atoms. The molecule has 0 aromatic heterocycles. The third kappa shape index (κ3) is 3.82. The lowest BCUT2D eigenvalue weighted by Crippen LogP contribution is -2.49. The summed E-state index contributed by atoms with van der Waals surface area (Å²) in [4.78, 5) is 13.1. The summed E-state index contributed by atoms with van der Waals surface area (Å²) in [6.07, 6.45) is 2.97. The number of carboxylic acids is 1. The van der Waals surface area contributed by atoms with Gasteiger partial charge in [0.05, 0.1) is 5.92 Å². The first-order valence-corrected chi connectivity index (χ1v) is 5.97. The highest BCUT2D eigenvalue weighted by atomic mass is 16.4. The highest BCUT2D eigenvalue weighted by molar-refractivity contribution is 5.69. The van der Waals surface area contributed by atoms with Crippen molar-refractivity contribution in [2.75, 3.05) is 13.1 Å². The average molecular weight is 213 g/mol. The van der Waals surface area contributed by atoms with E-state index in [4.69, 9.17) is 5.11 Å². The molecule has 1 rings (SSSR count). The second-order valence-corrected chi connectivity index (χ2v) is 5.08. The van der Waals surface area contributed by atoms with Crippen LogP contribution in [0.3, 0.4) is 0 Å². The van der Waals surface area contributed by atoms with Gasteiger partial charge in [-0.3, -0.25) is 4.79 Å². The Balaban J connectivity index is 2.07. The van der Waals surface area contributed by atoms with Crippen LogP contribution in [0.2, 0.25) is 0 Å². The van der Waals surface area contributed by atoms with Crippen LogP contribution in [0.25, 0.3) is 0 Å². The molecular formula is C12H23NO2. The fourth-order valence-corrected chi connectivity index (χ4v) is 2.13. The van der Waals surface area contributed by atoms with Gasteiger partial charge in [-0.1, -0.05) is 20.3 Å². The fourth-order valence-electron chi connectivity index (χ4n) is 2.13. The standard InChI is InChI=1S/C12H23NO2/c1-9-7-13(8-9)11(3)6-4-5-10(2)12(14)15/h9-11H,4-8H2,1-3H3,(H,14,15). The summed E-state index contributed by atoms with van der Waals surface area (Å²) in [5, 5.41) is 8.74. The van der Waals surface area contributed by atoms with Crippen LogP contribution >= 0.6 is 0 Å². The molecule has 0 aliphatic carbocycles. The molecule has 0 aromatic carbocycles. The van der Waals surface area contributed by atoms with Crippen molar-refractivity contribution in [1.82, 2.24) is 4.90 Å². The maximum atomic E-state index is 10.6. The van der Waals surface area contributed by atoms with Crippen LogP contribution < -0.4 is 0 Å². The number of rotatable bonds is 6. The molecule has 3 nitrogen and oxygen atoms in total. The van der Waals surface area contributed by atoms with E-state index < -0.39 is 5.97 Å². The van der Waals surface area contributed by atoms with Gasteiger partial charge in [-0.2, -0.15) is 0 Å². The molecule has 0 spiro atoms. The van der Waals surface area contributed by atoms with Crippen molar-refractivity contribution in [2.45, 2.75) is 46.1 Å². The number of carbonyl (C=O) groups is 1. The summed E-state index contributed by atoms with van der Waals surface area (Å²) in [7, 11) is 0. The second kappa shape index (κ2) is 5.50. The molecule has 0 bridgehead atoms. The summed E-state index contributed by atoms with van der Waals surface area (Å²) in [6.45, 7) is 8.75. The van der Waals surface area contributed by atoms with E-state index in [1.54, 1.807) is 6.92 Å². The van der Waals surface area contributed by atoms with Gasteiger partial charge < -0.3 is 10.0 Å². The molecule has 1 saturated heterocycles. The van der Waals surface area contributed by atoms with Gasteiger partial charge in [-0.25, -0.2) is 0 Å².